The van der Waals surface area contributed by atoms with Gasteiger partial charge < -0.3 is 4.74 Å². The largest absolute Gasteiger partial charge is 0.461 e. The number of hydrogen-bond acceptors (Lipinski definition) is 5. The van der Waals surface area contributed by atoms with E-state index in [0.29, 0.717) is 26.3 Å². The van der Waals surface area contributed by atoms with Gasteiger partial charge in [0.1, 0.15) is 5.69 Å². The molecule has 0 saturated heterocycles. The first kappa shape index (κ1) is 16.0. The maximum Gasteiger partial charge on any atom is 0.355 e. The molecular formula is C15H10Cl2N2O3S. The number of fused-ring (bicyclic) bond motifs is 1. The fourth-order valence-electron chi connectivity index (χ4n) is 2.17. The summed E-state index contributed by atoms with van der Waals surface area (Å²) in [6, 6.07) is 6.22. The van der Waals surface area contributed by atoms with Gasteiger partial charge in [0.25, 0.3) is 5.56 Å². The van der Waals surface area contributed by atoms with Crippen LogP contribution in [0, 0.1) is 0 Å². The van der Waals surface area contributed by atoms with Gasteiger partial charge in [-0.3, -0.25) is 9.20 Å². The van der Waals surface area contributed by atoms with Gasteiger partial charge in [0.2, 0.25) is 0 Å². The molecule has 0 aliphatic carbocycles. The molecular weight excluding hydrogens is 359 g/mol. The minimum Gasteiger partial charge on any atom is -0.461 e. The SMILES string of the molecule is CCOC(=O)c1cc(=O)nc2scc(-c3ccc(Cl)cc3Cl)n12. The Morgan fingerprint density at radius 3 is 2.83 bits per heavy atom. The molecule has 3 aromatic rings. The lowest BCUT2D eigenvalue weighted by atomic mass is 10.1. The van der Waals surface area contributed by atoms with Crippen LogP contribution in [0.3, 0.4) is 0 Å². The first-order valence-corrected chi connectivity index (χ1v) is 8.28. The Bertz CT molecular complexity index is 965. The van der Waals surface area contributed by atoms with Crippen LogP contribution in [0.1, 0.15) is 17.4 Å². The van der Waals surface area contributed by atoms with Crippen LogP contribution in [0.5, 0.6) is 0 Å². The van der Waals surface area contributed by atoms with Crippen LogP contribution in [0.25, 0.3) is 16.2 Å². The van der Waals surface area contributed by atoms with Crippen LogP contribution >= 0.6 is 34.5 Å². The zero-order valence-electron chi connectivity index (χ0n) is 11.9. The van der Waals surface area contributed by atoms with Crippen molar-refractivity contribution in [1.29, 1.82) is 0 Å². The van der Waals surface area contributed by atoms with Crippen molar-refractivity contribution in [3.05, 3.63) is 55.7 Å². The van der Waals surface area contributed by atoms with Gasteiger partial charge >= 0.3 is 5.97 Å². The Labute approximate surface area is 145 Å². The number of benzene rings is 1. The molecule has 0 amide bonds. The number of carbonyl (C=O) groups excluding carboxylic acids is 1. The van der Waals surface area contributed by atoms with Gasteiger partial charge in [-0.2, -0.15) is 4.98 Å². The van der Waals surface area contributed by atoms with Crippen molar-refractivity contribution < 1.29 is 9.53 Å². The molecule has 0 bridgehead atoms. The minimum atomic E-state index is -0.591. The highest BCUT2D eigenvalue weighted by molar-refractivity contribution is 7.15. The third-order valence-electron chi connectivity index (χ3n) is 3.11. The summed E-state index contributed by atoms with van der Waals surface area (Å²) < 4.78 is 6.59. The van der Waals surface area contributed by atoms with E-state index >= 15 is 0 Å². The number of carbonyl (C=O) groups is 1. The van der Waals surface area contributed by atoms with E-state index < -0.39 is 11.5 Å². The summed E-state index contributed by atoms with van der Waals surface area (Å²) in [6.45, 7) is 1.90. The Kier molecular flexibility index (Phi) is 4.39. The molecule has 0 aliphatic rings. The van der Waals surface area contributed by atoms with E-state index in [1.54, 1.807) is 34.9 Å². The van der Waals surface area contributed by atoms with Crippen LogP contribution < -0.4 is 5.56 Å². The molecule has 2 heterocycles. The summed E-state index contributed by atoms with van der Waals surface area (Å²) in [5.41, 5.74) is 0.938. The predicted octanol–water partition coefficient (Wildman–Crippen LogP) is 3.91. The van der Waals surface area contributed by atoms with Crippen molar-refractivity contribution in [3.63, 3.8) is 0 Å². The molecule has 23 heavy (non-hydrogen) atoms. The lowest BCUT2D eigenvalue weighted by Crippen LogP contribution is -2.17. The molecule has 1 aromatic carbocycles. The highest BCUT2D eigenvalue weighted by Crippen LogP contribution is 2.33. The third kappa shape index (κ3) is 2.97. The number of nitrogens with zero attached hydrogens (tertiary/aromatic N) is 2. The molecule has 0 N–H and O–H groups in total. The number of aromatic nitrogens is 2. The second-order valence-corrected chi connectivity index (χ2v) is 6.24. The molecule has 118 valence electrons. The molecule has 0 atom stereocenters. The second kappa shape index (κ2) is 6.31. The van der Waals surface area contributed by atoms with Crippen molar-refractivity contribution in [1.82, 2.24) is 9.38 Å². The minimum absolute atomic E-state index is 0.115. The van der Waals surface area contributed by atoms with Crippen LogP contribution in [0.4, 0.5) is 0 Å². The van der Waals surface area contributed by atoms with E-state index in [2.05, 4.69) is 4.98 Å². The van der Waals surface area contributed by atoms with E-state index in [-0.39, 0.29) is 12.3 Å². The summed E-state index contributed by atoms with van der Waals surface area (Å²) in [6.07, 6.45) is 0. The lowest BCUT2D eigenvalue weighted by Gasteiger charge is -2.09. The van der Waals surface area contributed by atoms with E-state index in [4.69, 9.17) is 27.9 Å². The van der Waals surface area contributed by atoms with Gasteiger partial charge in [-0.25, -0.2) is 4.79 Å². The summed E-state index contributed by atoms with van der Waals surface area (Å²) in [5, 5.41) is 2.72. The monoisotopic (exact) mass is 368 g/mol. The molecule has 0 fully saturated rings. The highest BCUT2D eigenvalue weighted by atomic mass is 35.5. The van der Waals surface area contributed by atoms with E-state index in [9.17, 15) is 9.59 Å². The number of esters is 1. The van der Waals surface area contributed by atoms with E-state index in [0.717, 1.165) is 6.07 Å². The van der Waals surface area contributed by atoms with Crippen LogP contribution in [-0.2, 0) is 4.74 Å². The smallest absolute Gasteiger partial charge is 0.355 e. The Hall–Kier alpha value is -1.89. The number of hydrogen-bond donors (Lipinski definition) is 0. The number of thiazole rings is 1. The molecule has 0 aliphatic heterocycles. The zero-order valence-corrected chi connectivity index (χ0v) is 14.2. The van der Waals surface area contributed by atoms with Crippen molar-refractivity contribution in [2.45, 2.75) is 6.92 Å². The predicted molar refractivity (Wildman–Crippen MR) is 90.8 cm³/mol. The molecule has 2 aromatic heterocycles. The topological polar surface area (TPSA) is 60.7 Å². The summed E-state index contributed by atoms with van der Waals surface area (Å²) in [7, 11) is 0. The maximum atomic E-state index is 12.2. The third-order valence-corrected chi connectivity index (χ3v) is 4.48. The van der Waals surface area contributed by atoms with Gasteiger partial charge in [0.15, 0.2) is 4.96 Å². The highest BCUT2D eigenvalue weighted by Gasteiger charge is 2.19. The standard InChI is InChI=1S/C15H10Cl2N2O3S/c1-2-22-14(21)11-6-13(20)18-15-19(11)12(7-23-15)9-4-3-8(16)5-10(9)17/h3-7H,2H2,1H3. The fourth-order valence-corrected chi connectivity index (χ4v) is 3.57. The van der Waals surface area contributed by atoms with Crippen molar-refractivity contribution in [2.24, 2.45) is 0 Å². The maximum absolute atomic E-state index is 12.2. The molecule has 3 rings (SSSR count). The fraction of sp³-hybridized carbons (Fsp3) is 0.133. The van der Waals surface area contributed by atoms with E-state index in [1.807, 2.05) is 0 Å². The second-order valence-electron chi connectivity index (χ2n) is 4.56. The van der Waals surface area contributed by atoms with Gasteiger partial charge in [-0.15, -0.1) is 11.3 Å². The summed E-state index contributed by atoms with van der Waals surface area (Å²) in [5.74, 6) is -0.591. The molecule has 8 heteroatoms. The van der Waals surface area contributed by atoms with Gasteiger partial charge in [0.05, 0.1) is 17.3 Å². The number of ether oxygens (including phenoxy) is 1. The van der Waals surface area contributed by atoms with Crippen molar-refractivity contribution in [2.75, 3.05) is 6.61 Å². The van der Waals surface area contributed by atoms with Crippen molar-refractivity contribution >= 4 is 45.5 Å². The Balaban J connectivity index is 2.30. The first-order valence-electron chi connectivity index (χ1n) is 6.65. The van der Waals surface area contributed by atoms with E-state index in [1.165, 1.54) is 11.3 Å². The molecule has 0 unspecified atom stereocenters. The molecule has 0 spiro atoms. The van der Waals surface area contributed by atoms with Crippen LogP contribution in [0.2, 0.25) is 10.0 Å². The zero-order chi connectivity index (χ0) is 16.6. The Morgan fingerprint density at radius 2 is 2.13 bits per heavy atom. The van der Waals surface area contributed by atoms with Crippen LogP contribution in [-0.4, -0.2) is 22.0 Å². The normalized spacial score (nSPS) is 10.9. The summed E-state index contributed by atoms with van der Waals surface area (Å²) >= 11 is 13.4. The molecule has 0 saturated carbocycles. The Morgan fingerprint density at radius 1 is 1.35 bits per heavy atom. The lowest BCUT2D eigenvalue weighted by molar-refractivity contribution is 0.0517. The summed E-state index contributed by atoms with van der Waals surface area (Å²) in [4.78, 5) is 28.2. The van der Waals surface area contributed by atoms with Gasteiger partial charge in [-0.1, -0.05) is 23.2 Å². The quantitative estimate of drug-likeness (QED) is 0.657. The first-order chi connectivity index (χ1) is 11.0. The number of rotatable bonds is 3. The van der Waals surface area contributed by atoms with Crippen molar-refractivity contribution in [3.8, 4) is 11.3 Å². The van der Waals surface area contributed by atoms with Crippen LogP contribution in [0.15, 0.2) is 34.4 Å². The van der Waals surface area contributed by atoms with Gasteiger partial charge in [-0.05, 0) is 25.1 Å². The van der Waals surface area contributed by atoms with Gasteiger partial charge in [0, 0.05) is 22.0 Å². The molecule has 0 radical (unpaired) electrons. The average Bonchev–Trinajstić information content (AvgIpc) is 2.90. The average molecular weight is 369 g/mol. The number of halogens is 2. The molecule has 5 nitrogen and oxygen atoms in total.